The molecular weight excluding hydrogens is 468 g/mol. The molecule has 8 heteroatoms. The molecule has 2 amide bonds. The Morgan fingerprint density at radius 3 is 2.40 bits per heavy atom. The summed E-state index contributed by atoms with van der Waals surface area (Å²) < 4.78 is 5.10. The van der Waals surface area contributed by atoms with Gasteiger partial charge in [0.2, 0.25) is 11.8 Å². The number of rotatable bonds is 7. The van der Waals surface area contributed by atoms with Crippen LogP contribution >= 0.6 is 11.6 Å². The lowest BCUT2D eigenvalue weighted by molar-refractivity contribution is -0.122. The van der Waals surface area contributed by atoms with Crippen LogP contribution in [0.4, 0.5) is 11.4 Å². The number of ketones is 1. The average Bonchev–Trinajstić information content (AvgIpc) is 3.26. The summed E-state index contributed by atoms with van der Waals surface area (Å²) in [4.78, 5) is 51.1. The molecule has 1 heterocycles. The molecule has 1 atom stereocenters. The van der Waals surface area contributed by atoms with E-state index in [9.17, 15) is 19.2 Å². The minimum absolute atomic E-state index is 0.0944. The van der Waals surface area contributed by atoms with E-state index >= 15 is 0 Å². The summed E-state index contributed by atoms with van der Waals surface area (Å²) in [6.07, 6.45) is 0.0944. The second-order valence-corrected chi connectivity index (χ2v) is 8.68. The molecule has 0 radical (unpaired) electrons. The van der Waals surface area contributed by atoms with Crippen molar-refractivity contribution in [2.45, 2.75) is 13.3 Å². The standard InChI is InChI=1S/C27H23ClN2O5/c1-17-7-12-22(14-23(17)28)30-15-20(13-25(30)32)26(33)29-21-10-8-19(9-11-21)27(34)35-16-24(31)18-5-3-2-4-6-18/h2-12,14,20H,13,15-16H2,1H3,(H,29,33)/t20-/m1/s1. The highest BCUT2D eigenvalue weighted by Crippen LogP contribution is 2.29. The van der Waals surface area contributed by atoms with Crippen molar-refractivity contribution in [2.24, 2.45) is 5.92 Å². The Morgan fingerprint density at radius 1 is 1.00 bits per heavy atom. The Labute approximate surface area is 207 Å². The van der Waals surface area contributed by atoms with E-state index in [-0.39, 0.29) is 42.7 Å². The Balaban J connectivity index is 1.31. The van der Waals surface area contributed by atoms with Crippen molar-refractivity contribution in [1.82, 2.24) is 0 Å². The Kier molecular flexibility index (Phi) is 7.27. The van der Waals surface area contributed by atoms with Crippen LogP contribution in [0.1, 0.15) is 32.7 Å². The number of esters is 1. The molecule has 0 bridgehead atoms. The molecule has 178 valence electrons. The summed E-state index contributed by atoms with van der Waals surface area (Å²) in [5.41, 5.74) is 2.77. The molecule has 3 aromatic carbocycles. The summed E-state index contributed by atoms with van der Waals surface area (Å²) in [7, 11) is 0. The third-order valence-electron chi connectivity index (χ3n) is 5.78. The average molecular weight is 491 g/mol. The van der Waals surface area contributed by atoms with Crippen LogP contribution in [0.3, 0.4) is 0 Å². The van der Waals surface area contributed by atoms with Gasteiger partial charge in [0, 0.05) is 34.9 Å². The van der Waals surface area contributed by atoms with Crippen LogP contribution in [-0.2, 0) is 14.3 Å². The lowest BCUT2D eigenvalue weighted by Crippen LogP contribution is -2.28. The quantitative estimate of drug-likeness (QED) is 0.383. The second-order valence-electron chi connectivity index (χ2n) is 8.27. The van der Waals surface area contributed by atoms with Gasteiger partial charge in [-0.2, -0.15) is 0 Å². The van der Waals surface area contributed by atoms with E-state index in [1.165, 1.54) is 12.1 Å². The number of aryl methyl sites for hydroxylation is 1. The van der Waals surface area contributed by atoms with Gasteiger partial charge >= 0.3 is 5.97 Å². The maximum Gasteiger partial charge on any atom is 0.338 e. The maximum absolute atomic E-state index is 12.7. The smallest absolute Gasteiger partial charge is 0.338 e. The molecule has 1 aliphatic heterocycles. The molecule has 4 rings (SSSR count). The lowest BCUT2D eigenvalue weighted by Gasteiger charge is -2.17. The molecule has 0 saturated carbocycles. The first-order valence-corrected chi connectivity index (χ1v) is 11.4. The van der Waals surface area contributed by atoms with E-state index in [0.717, 1.165) is 5.56 Å². The van der Waals surface area contributed by atoms with Gasteiger partial charge in [-0.1, -0.05) is 48.0 Å². The zero-order valence-corrected chi connectivity index (χ0v) is 19.7. The Hall–Kier alpha value is -3.97. The number of benzene rings is 3. The van der Waals surface area contributed by atoms with Crippen LogP contribution in [-0.4, -0.2) is 36.7 Å². The summed E-state index contributed by atoms with van der Waals surface area (Å²) >= 11 is 6.18. The highest BCUT2D eigenvalue weighted by Gasteiger charge is 2.35. The Morgan fingerprint density at radius 2 is 1.71 bits per heavy atom. The van der Waals surface area contributed by atoms with Crippen molar-refractivity contribution in [1.29, 1.82) is 0 Å². The number of hydrogen-bond acceptors (Lipinski definition) is 5. The van der Waals surface area contributed by atoms with Crippen molar-refractivity contribution in [3.63, 3.8) is 0 Å². The molecule has 1 N–H and O–H groups in total. The summed E-state index contributed by atoms with van der Waals surface area (Å²) in [5.74, 6) is -1.89. The number of amides is 2. The van der Waals surface area contributed by atoms with Crippen molar-refractivity contribution in [3.8, 4) is 0 Å². The number of halogens is 1. The summed E-state index contributed by atoms with van der Waals surface area (Å²) in [6.45, 7) is 1.77. The van der Waals surface area contributed by atoms with Crippen LogP contribution in [0.5, 0.6) is 0 Å². The van der Waals surface area contributed by atoms with Crippen molar-refractivity contribution in [3.05, 3.63) is 94.5 Å². The third-order valence-corrected chi connectivity index (χ3v) is 6.19. The van der Waals surface area contributed by atoms with E-state index in [1.54, 1.807) is 53.4 Å². The van der Waals surface area contributed by atoms with E-state index in [1.807, 2.05) is 19.1 Å². The predicted molar refractivity (Wildman–Crippen MR) is 133 cm³/mol. The number of ether oxygens (including phenoxy) is 1. The molecule has 1 aliphatic rings. The molecule has 1 fully saturated rings. The lowest BCUT2D eigenvalue weighted by atomic mass is 10.1. The topological polar surface area (TPSA) is 92.8 Å². The fourth-order valence-corrected chi connectivity index (χ4v) is 3.91. The van der Waals surface area contributed by atoms with E-state index < -0.39 is 11.9 Å². The summed E-state index contributed by atoms with van der Waals surface area (Å²) in [5, 5.41) is 3.35. The largest absolute Gasteiger partial charge is 0.454 e. The molecule has 1 saturated heterocycles. The number of nitrogens with zero attached hydrogens (tertiary/aromatic N) is 1. The molecule has 7 nitrogen and oxygen atoms in total. The molecule has 0 unspecified atom stereocenters. The number of hydrogen-bond donors (Lipinski definition) is 1. The number of nitrogens with one attached hydrogen (secondary N) is 1. The number of anilines is 2. The highest BCUT2D eigenvalue weighted by molar-refractivity contribution is 6.31. The van der Waals surface area contributed by atoms with Crippen molar-refractivity contribution in [2.75, 3.05) is 23.4 Å². The van der Waals surface area contributed by atoms with Crippen LogP contribution < -0.4 is 10.2 Å². The zero-order valence-electron chi connectivity index (χ0n) is 19.0. The van der Waals surface area contributed by atoms with Gasteiger partial charge in [-0.05, 0) is 48.9 Å². The maximum atomic E-state index is 12.7. The third kappa shape index (κ3) is 5.75. The predicted octanol–water partition coefficient (Wildman–Crippen LogP) is 4.68. The van der Waals surface area contributed by atoms with Gasteiger partial charge < -0.3 is 15.0 Å². The minimum atomic E-state index is -0.638. The summed E-state index contributed by atoms with van der Waals surface area (Å²) in [6, 6.07) is 20.1. The normalized spacial score (nSPS) is 15.1. The van der Waals surface area contributed by atoms with E-state index in [0.29, 0.717) is 22.0 Å². The first kappa shape index (κ1) is 24.2. The molecular formula is C27H23ClN2O5. The molecule has 35 heavy (non-hydrogen) atoms. The number of carbonyl (C=O) groups is 4. The van der Waals surface area contributed by atoms with Gasteiger partial charge in [-0.15, -0.1) is 0 Å². The minimum Gasteiger partial charge on any atom is -0.454 e. The highest BCUT2D eigenvalue weighted by atomic mass is 35.5. The van der Waals surface area contributed by atoms with E-state index in [4.69, 9.17) is 16.3 Å². The Bertz CT molecular complexity index is 1270. The first-order chi connectivity index (χ1) is 16.8. The zero-order chi connectivity index (χ0) is 24.9. The second kappa shape index (κ2) is 10.5. The number of Topliss-reactive ketones (excluding diaryl/α,β-unsaturated/α-hetero) is 1. The number of carbonyl (C=O) groups excluding carboxylic acids is 4. The monoisotopic (exact) mass is 490 g/mol. The fourth-order valence-electron chi connectivity index (χ4n) is 3.74. The van der Waals surface area contributed by atoms with Gasteiger partial charge in [0.25, 0.3) is 0 Å². The van der Waals surface area contributed by atoms with Crippen LogP contribution in [0.25, 0.3) is 0 Å². The van der Waals surface area contributed by atoms with Gasteiger partial charge in [0.15, 0.2) is 12.4 Å². The van der Waals surface area contributed by atoms with Crippen molar-refractivity contribution < 1.29 is 23.9 Å². The molecule has 0 spiro atoms. The molecule has 0 aliphatic carbocycles. The SMILES string of the molecule is Cc1ccc(N2C[C@H](C(=O)Nc3ccc(C(=O)OCC(=O)c4ccccc4)cc3)CC2=O)cc1Cl. The molecule has 0 aromatic heterocycles. The fraction of sp³-hybridized carbons (Fsp3) is 0.185. The first-order valence-electron chi connectivity index (χ1n) is 11.0. The van der Waals surface area contributed by atoms with Gasteiger partial charge in [0.05, 0.1) is 11.5 Å². The molecule has 3 aromatic rings. The van der Waals surface area contributed by atoms with Gasteiger partial charge in [-0.3, -0.25) is 14.4 Å². The van der Waals surface area contributed by atoms with E-state index in [2.05, 4.69) is 5.32 Å². The van der Waals surface area contributed by atoms with Crippen LogP contribution in [0.15, 0.2) is 72.8 Å². The van der Waals surface area contributed by atoms with Gasteiger partial charge in [-0.25, -0.2) is 4.79 Å². The van der Waals surface area contributed by atoms with Gasteiger partial charge in [0.1, 0.15) is 0 Å². The van der Waals surface area contributed by atoms with Crippen molar-refractivity contribution >= 4 is 46.5 Å². The van der Waals surface area contributed by atoms with Crippen LogP contribution in [0.2, 0.25) is 5.02 Å². The van der Waals surface area contributed by atoms with Crippen LogP contribution in [0, 0.1) is 12.8 Å².